The lowest BCUT2D eigenvalue weighted by Gasteiger charge is -2.14. The Bertz CT molecular complexity index is 607. The topological polar surface area (TPSA) is 55.5 Å². The van der Waals surface area contributed by atoms with Crippen LogP contribution in [0.2, 0.25) is 0 Å². The second-order valence-corrected chi connectivity index (χ2v) is 5.42. The van der Waals surface area contributed by atoms with Crippen LogP contribution in [0.15, 0.2) is 42.5 Å². The highest BCUT2D eigenvalue weighted by Gasteiger charge is 2.24. The normalized spacial score (nSPS) is 18.8. The van der Waals surface area contributed by atoms with Crippen LogP contribution >= 0.6 is 0 Å². The molecule has 20 heavy (non-hydrogen) atoms. The zero-order valence-corrected chi connectivity index (χ0v) is 11.5. The van der Waals surface area contributed by atoms with E-state index in [2.05, 4.69) is 24.3 Å². The zero-order valence-electron chi connectivity index (χ0n) is 11.5. The molecule has 0 bridgehead atoms. The molecule has 0 fully saturated rings. The van der Waals surface area contributed by atoms with Crippen molar-refractivity contribution < 1.29 is 9.94 Å². The van der Waals surface area contributed by atoms with E-state index in [9.17, 15) is 5.11 Å². The molecule has 3 rings (SSSR count). The molecule has 104 valence electrons. The van der Waals surface area contributed by atoms with Crippen LogP contribution in [0, 0.1) is 0 Å². The number of phenols is 1. The SMILES string of the molecule is CC(ON)c1ccc(C2CCc3cc(O)ccc32)cc1. The zero-order chi connectivity index (χ0) is 14.1. The van der Waals surface area contributed by atoms with Crippen molar-refractivity contribution in [2.45, 2.75) is 31.8 Å². The van der Waals surface area contributed by atoms with Crippen LogP contribution in [0.25, 0.3) is 0 Å². The van der Waals surface area contributed by atoms with Crippen LogP contribution in [0.3, 0.4) is 0 Å². The van der Waals surface area contributed by atoms with Gasteiger partial charge in [0.25, 0.3) is 0 Å². The van der Waals surface area contributed by atoms with Gasteiger partial charge in [0.15, 0.2) is 0 Å². The van der Waals surface area contributed by atoms with E-state index >= 15 is 0 Å². The molecular formula is C17H19NO2. The van der Waals surface area contributed by atoms with E-state index in [0.717, 1.165) is 18.4 Å². The Morgan fingerprint density at radius 3 is 2.65 bits per heavy atom. The summed E-state index contributed by atoms with van der Waals surface area (Å²) in [7, 11) is 0. The average Bonchev–Trinajstić information content (AvgIpc) is 2.89. The molecule has 0 aromatic heterocycles. The number of benzene rings is 2. The number of phenolic OH excluding ortho intramolecular Hbond substituents is 1. The lowest BCUT2D eigenvalue weighted by molar-refractivity contribution is 0.0664. The summed E-state index contributed by atoms with van der Waals surface area (Å²) in [6, 6.07) is 14.2. The van der Waals surface area contributed by atoms with Crippen molar-refractivity contribution in [3.8, 4) is 5.75 Å². The molecule has 3 nitrogen and oxygen atoms in total. The van der Waals surface area contributed by atoms with Gasteiger partial charge in [0.05, 0.1) is 0 Å². The van der Waals surface area contributed by atoms with E-state index in [-0.39, 0.29) is 6.10 Å². The lowest BCUT2D eigenvalue weighted by atomic mass is 9.92. The first-order valence-corrected chi connectivity index (χ1v) is 6.96. The van der Waals surface area contributed by atoms with E-state index < -0.39 is 0 Å². The largest absolute Gasteiger partial charge is 0.508 e. The van der Waals surface area contributed by atoms with Gasteiger partial charge in [0, 0.05) is 5.92 Å². The molecule has 0 heterocycles. The maximum Gasteiger partial charge on any atom is 0.115 e. The molecule has 0 spiro atoms. The van der Waals surface area contributed by atoms with Gasteiger partial charge in [-0.05, 0) is 54.2 Å². The van der Waals surface area contributed by atoms with Gasteiger partial charge in [-0.1, -0.05) is 30.3 Å². The second-order valence-electron chi connectivity index (χ2n) is 5.42. The van der Waals surface area contributed by atoms with E-state index in [0.29, 0.717) is 11.7 Å². The number of hydrogen-bond donors (Lipinski definition) is 2. The Labute approximate surface area is 119 Å². The van der Waals surface area contributed by atoms with Crippen LogP contribution in [0.4, 0.5) is 0 Å². The highest BCUT2D eigenvalue weighted by atomic mass is 16.6. The number of fused-ring (bicyclic) bond motifs is 1. The van der Waals surface area contributed by atoms with Gasteiger partial charge in [0.1, 0.15) is 11.9 Å². The van der Waals surface area contributed by atoms with Crippen LogP contribution in [0.1, 0.15) is 47.6 Å². The molecule has 0 saturated heterocycles. The first kappa shape index (κ1) is 13.2. The molecule has 2 aromatic carbocycles. The number of rotatable bonds is 3. The van der Waals surface area contributed by atoms with Crippen molar-refractivity contribution >= 4 is 0 Å². The number of aryl methyl sites for hydroxylation is 1. The summed E-state index contributed by atoms with van der Waals surface area (Å²) in [6.45, 7) is 1.93. The third kappa shape index (κ3) is 2.30. The molecule has 3 heteroatoms. The number of hydrogen-bond acceptors (Lipinski definition) is 3. The monoisotopic (exact) mass is 269 g/mol. The number of aromatic hydroxyl groups is 1. The molecule has 2 unspecified atom stereocenters. The van der Waals surface area contributed by atoms with Gasteiger partial charge < -0.3 is 5.11 Å². The van der Waals surface area contributed by atoms with Crippen molar-refractivity contribution in [3.63, 3.8) is 0 Å². The van der Waals surface area contributed by atoms with E-state index in [1.54, 1.807) is 6.07 Å². The summed E-state index contributed by atoms with van der Waals surface area (Å²) in [6.07, 6.45) is 2.04. The highest BCUT2D eigenvalue weighted by Crippen LogP contribution is 2.39. The summed E-state index contributed by atoms with van der Waals surface area (Å²) in [4.78, 5) is 4.84. The summed E-state index contributed by atoms with van der Waals surface area (Å²) in [5.41, 5.74) is 4.99. The molecular weight excluding hydrogens is 250 g/mol. The van der Waals surface area contributed by atoms with E-state index in [1.807, 2.05) is 19.1 Å². The summed E-state index contributed by atoms with van der Waals surface area (Å²) in [5.74, 6) is 6.00. The third-order valence-electron chi connectivity index (χ3n) is 4.22. The Balaban J connectivity index is 1.89. The van der Waals surface area contributed by atoms with Gasteiger partial charge in [0.2, 0.25) is 0 Å². The standard InChI is InChI=1S/C17H19NO2/c1-11(20-18)12-2-4-13(5-3-12)16-8-6-14-10-15(19)7-9-17(14)16/h2-5,7,9-11,16,19H,6,8,18H2,1H3. The quantitative estimate of drug-likeness (QED) is 0.839. The minimum atomic E-state index is -0.0862. The van der Waals surface area contributed by atoms with Crippen molar-refractivity contribution in [2.75, 3.05) is 0 Å². The van der Waals surface area contributed by atoms with Crippen molar-refractivity contribution in [2.24, 2.45) is 5.90 Å². The van der Waals surface area contributed by atoms with Crippen molar-refractivity contribution in [3.05, 3.63) is 64.7 Å². The second kappa shape index (κ2) is 5.27. The fourth-order valence-electron chi connectivity index (χ4n) is 3.03. The molecule has 2 aromatic rings. The fourth-order valence-corrected chi connectivity index (χ4v) is 3.03. The van der Waals surface area contributed by atoms with Crippen LogP contribution in [-0.2, 0) is 11.3 Å². The van der Waals surface area contributed by atoms with E-state index in [4.69, 9.17) is 10.7 Å². The fraction of sp³-hybridized carbons (Fsp3) is 0.294. The average molecular weight is 269 g/mol. The Morgan fingerprint density at radius 2 is 1.95 bits per heavy atom. The molecule has 2 atom stereocenters. The maximum absolute atomic E-state index is 9.55. The Kier molecular flexibility index (Phi) is 3.47. The first-order valence-electron chi connectivity index (χ1n) is 6.96. The summed E-state index contributed by atoms with van der Waals surface area (Å²) >= 11 is 0. The first-order chi connectivity index (χ1) is 9.69. The van der Waals surface area contributed by atoms with E-state index in [1.165, 1.54) is 16.7 Å². The molecule has 1 aliphatic rings. The Morgan fingerprint density at radius 1 is 1.20 bits per heavy atom. The highest BCUT2D eigenvalue weighted by molar-refractivity contribution is 5.45. The molecule has 3 N–H and O–H groups in total. The molecule has 0 radical (unpaired) electrons. The van der Waals surface area contributed by atoms with Crippen LogP contribution < -0.4 is 5.90 Å². The maximum atomic E-state index is 9.55. The van der Waals surface area contributed by atoms with Gasteiger partial charge in [-0.3, -0.25) is 4.84 Å². The molecule has 0 saturated carbocycles. The predicted octanol–water partition coefficient (Wildman–Crippen LogP) is 3.42. The predicted molar refractivity (Wildman–Crippen MR) is 78.4 cm³/mol. The van der Waals surface area contributed by atoms with Gasteiger partial charge in [-0.25, -0.2) is 5.90 Å². The van der Waals surface area contributed by atoms with Crippen molar-refractivity contribution in [1.29, 1.82) is 0 Å². The minimum Gasteiger partial charge on any atom is -0.508 e. The molecule has 0 aliphatic heterocycles. The van der Waals surface area contributed by atoms with Crippen LogP contribution in [0.5, 0.6) is 5.75 Å². The number of nitrogens with two attached hydrogens (primary N) is 1. The Hall–Kier alpha value is -1.84. The third-order valence-corrected chi connectivity index (χ3v) is 4.22. The lowest BCUT2D eigenvalue weighted by Crippen LogP contribution is -2.05. The van der Waals surface area contributed by atoms with Gasteiger partial charge in [-0.15, -0.1) is 0 Å². The molecule has 0 amide bonds. The van der Waals surface area contributed by atoms with Gasteiger partial charge >= 0.3 is 0 Å². The molecule has 1 aliphatic carbocycles. The van der Waals surface area contributed by atoms with Gasteiger partial charge in [-0.2, -0.15) is 0 Å². The smallest absolute Gasteiger partial charge is 0.115 e. The van der Waals surface area contributed by atoms with Crippen LogP contribution in [-0.4, -0.2) is 5.11 Å². The minimum absolute atomic E-state index is 0.0862. The summed E-state index contributed by atoms with van der Waals surface area (Å²) in [5, 5.41) is 9.55. The summed E-state index contributed by atoms with van der Waals surface area (Å²) < 4.78 is 0. The van der Waals surface area contributed by atoms with Crippen molar-refractivity contribution in [1.82, 2.24) is 0 Å².